The number of carbonyl (C=O) groups excluding carboxylic acids is 1. The van der Waals surface area contributed by atoms with Gasteiger partial charge in [-0.2, -0.15) is 0 Å². The van der Waals surface area contributed by atoms with Crippen molar-refractivity contribution in [1.82, 2.24) is 0 Å². The van der Waals surface area contributed by atoms with E-state index in [-0.39, 0.29) is 5.78 Å². The van der Waals surface area contributed by atoms with Gasteiger partial charge in [0.1, 0.15) is 5.78 Å². The number of hydrogen-bond donors (Lipinski definition) is 0. The van der Waals surface area contributed by atoms with Crippen LogP contribution in [0.5, 0.6) is 11.5 Å². The van der Waals surface area contributed by atoms with Gasteiger partial charge in [-0.3, -0.25) is 0 Å². The summed E-state index contributed by atoms with van der Waals surface area (Å²) >= 11 is 3.40. The van der Waals surface area contributed by atoms with Gasteiger partial charge in [0.2, 0.25) is 0 Å². The minimum Gasteiger partial charge on any atom is -0.493 e. The molecule has 1 aromatic carbocycles. The molecule has 4 heteroatoms. The molecule has 0 bridgehead atoms. The number of Topliss-reactive ketones (excluding diaryl/α,β-unsaturated/α-hetero) is 1. The Kier molecular flexibility index (Phi) is 4.80. The maximum atomic E-state index is 11.0. The molecule has 0 amide bonds. The Morgan fingerprint density at radius 3 is 2.50 bits per heavy atom. The van der Waals surface area contributed by atoms with Crippen LogP contribution in [0.1, 0.15) is 18.9 Å². The van der Waals surface area contributed by atoms with Gasteiger partial charge < -0.3 is 14.3 Å². The number of halogens is 1. The summed E-state index contributed by atoms with van der Waals surface area (Å²) in [5, 5.41) is 0. The average molecular weight is 287 g/mol. The second-order valence-electron chi connectivity index (χ2n) is 3.50. The quantitative estimate of drug-likeness (QED) is 0.835. The summed E-state index contributed by atoms with van der Waals surface area (Å²) in [6, 6.07) is 3.79. The highest BCUT2D eigenvalue weighted by Crippen LogP contribution is 2.35. The van der Waals surface area contributed by atoms with Crippen LogP contribution in [0.15, 0.2) is 16.6 Å². The van der Waals surface area contributed by atoms with Crippen molar-refractivity contribution in [2.24, 2.45) is 0 Å². The van der Waals surface area contributed by atoms with E-state index >= 15 is 0 Å². The standard InChI is InChI=1S/C12H15BrO3/c1-8(14)4-5-9-6-10(13)7-11(15-2)12(9)16-3/h6-7H,4-5H2,1-3H3. The van der Waals surface area contributed by atoms with Gasteiger partial charge in [0, 0.05) is 10.9 Å². The van der Waals surface area contributed by atoms with Crippen LogP contribution in [-0.4, -0.2) is 20.0 Å². The zero-order valence-electron chi connectivity index (χ0n) is 9.67. The third kappa shape index (κ3) is 3.23. The molecule has 0 fully saturated rings. The van der Waals surface area contributed by atoms with Crippen molar-refractivity contribution in [2.45, 2.75) is 19.8 Å². The molecule has 0 saturated carbocycles. The highest BCUT2D eigenvalue weighted by atomic mass is 79.9. The predicted molar refractivity (Wildman–Crippen MR) is 66.2 cm³/mol. The Bertz CT molecular complexity index is 388. The maximum Gasteiger partial charge on any atom is 0.163 e. The minimum atomic E-state index is 0.168. The fourth-order valence-electron chi connectivity index (χ4n) is 1.50. The van der Waals surface area contributed by atoms with Crippen molar-refractivity contribution in [3.8, 4) is 11.5 Å². The molecule has 0 radical (unpaired) electrons. The van der Waals surface area contributed by atoms with Gasteiger partial charge in [0.05, 0.1) is 14.2 Å². The first-order chi connectivity index (χ1) is 7.58. The van der Waals surface area contributed by atoms with E-state index in [4.69, 9.17) is 9.47 Å². The molecule has 0 saturated heterocycles. The van der Waals surface area contributed by atoms with E-state index in [0.717, 1.165) is 10.0 Å². The van der Waals surface area contributed by atoms with Crippen LogP contribution in [0.3, 0.4) is 0 Å². The van der Waals surface area contributed by atoms with Crippen molar-refractivity contribution in [1.29, 1.82) is 0 Å². The third-order valence-corrected chi connectivity index (χ3v) is 2.72. The summed E-state index contributed by atoms with van der Waals surface area (Å²) in [6.45, 7) is 1.59. The predicted octanol–water partition coefficient (Wildman–Crippen LogP) is 2.99. The molecule has 0 aliphatic carbocycles. The van der Waals surface area contributed by atoms with Gasteiger partial charge in [-0.05, 0) is 31.0 Å². The molecule has 16 heavy (non-hydrogen) atoms. The molecular weight excluding hydrogens is 272 g/mol. The van der Waals surface area contributed by atoms with Crippen molar-refractivity contribution < 1.29 is 14.3 Å². The van der Waals surface area contributed by atoms with Crippen LogP contribution in [0, 0.1) is 0 Å². The van der Waals surface area contributed by atoms with Gasteiger partial charge >= 0.3 is 0 Å². The number of rotatable bonds is 5. The summed E-state index contributed by atoms with van der Waals surface area (Å²) in [4.78, 5) is 11.0. The first kappa shape index (κ1) is 13.0. The molecule has 3 nitrogen and oxygen atoms in total. The first-order valence-corrected chi connectivity index (χ1v) is 5.77. The van der Waals surface area contributed by atoms with Crippen LogP contribution >= 0.6 is 15.9 Å². The zero-order chi connectivity index (χ0) is 12.1. The second-order valence-corrected chi connectivity index (χ2v) is 4.42. The number of ketones is 1. The lowest BCUT2D eigenvalue weighted by Crippen LogP contribution is -1.99. The highest BCUT2D eigenvalue weighted by molar-refractivity contribution is 9.10. The minimum absolute atomic E-state index is 0.168. The monoisotopic (exact) mass is 286 g/mol. The SMILES string of the molecule is COc1cc(Br)cc(CCC(C)=O)c1OC. The van der Waals surface area contributed by atoms with Crippen LogP contribution < -0.4 is 9.47 Å². The molecule has 0 spiro atoms. The number of carbonyl (C=O) groups is 1. The van der Waals surface area contributed by atoms with Crippen molar-refractivity contribution >= 4 is 21.7 Å². The molecule has 0 N–H and O–H groups in total. The number of hydrogen-bond acceptors (Lipinski definition) is 3. The van der Waals surface area contributed by atoms with E-state index in [1.807, 2.05) is 12.1 Å². The lowest BCUT2D eigenvalue weighted by Gasteiger charge is -2.13. The molecule has 88 valence electrons. The molecule has 0 heterocycles. The Morgan fingerprint density at radius 1 is 1.31 bits per heavy atom. The molecule has 0 aliphatic heterocycles. The van der Waals surface area contributed by atoms with Crippen molar-refractivity contribution in [2.75, 3.05) is 14.2 Å². The molecule has 1 rings (SSSR count). The van der Waals surface area contributed by atoms with E-state index in [2.05, 4.69) is 15.9 Å². The van der Waals surface area contributed by atoms with E-state index in [9.17, 15) is 4.79 Å². The molecular formula is C12H15BrO3. The fourth-order valence-corrected chi connectivity index (χ4v) is 1.99. The van der Waals surface area contributed by atoms with Crippen LogP contribution in [0.4, 0.5) is 0 Å². The molecule has 0 unspecified atom stereocenters. The van der Waals surface area contributed by atoms with Crippen molar-refractivity contribution in [3.05, 3.63) is 22.2 Å². The first-order valence-electron chi connectivity index (χ1n) is 4.98. The van der Waals surface area contributed by atoms with E-state index < -0.39 is 0 Å². The third-order valence-electron chi connectivity index (χ3n) is 2.27. The maximum absolute atomic E-state index is 11.0. The lowest BCUT2D eigenvalue weighted by atomic mass is 10.1. The summed E-state index contributed by atoms with van der Waals surface area (Å²) in [7, 11) is 3.20. The van der Waals surface area contributed by atoms with Crippen molar-refractivity contribution in [3.63, 3.8) is 0 Å². The van der Waals surface area contributed by atoms with Gasteiger partial charge in [-0.1, -0.05) is 15.9 Å². The Balaban J connectivity index is 3.04. The van der Waals surface area contributed by atoms with Gasteiger partial charge in [0.15, 0.2) is 11.5 Å². The fraction of sp³-hybridized carbons (Fsp3) is 0.417. The van der Waals surface area contributed by atoms with Gasteiger partial charge in [0.25, 0.3) is 0 Å². The summed E-state index contributed by atoms with van der Waals surface area (Å²) < 4.78 is 11.4. The summed E-state index contributed by atoms with van der Waals surface area (Å²) in [6.07, 6.45) is 1.17. The van der Waals surface area contributed by atoms with Crippen LogP contribution in [-0.2, 0) is 11.2 Å². The molecule has 1 aromatic rings. The lowest BCUT2D eigenvalue weighted by molar-refractivity contribution is -0.116. The Morgan fingerprint density at radius 2 is 2.00 bits per heavy atom. The number of ether oxygens (including phenoxy) is 2. The molecule has 0 aromatic heterocycles. The van der Waals surface area contributed by atoms with Crippen LogP contribution in [0.25, 0.3) is 0 Å². The number of benzene rings is 1. The normalized spacial score (nSPS) is 10.0. The zero-order valence-corrected chi connectivity index (χ0v) is 11.3. The summed E-state index contributed by atoms with van der Waals surface area (Å²) in [5.41, 5.74) is 0.976. The molecule has 0 aliphatic rings. The molecule has 0 atom stereocenters. The van der Waals surface area contributed by atoms with E-state index in [1.54, 1.807) is 21.1 Å². The van der Waals surface area contributed by atoms with E-state index in [0.29, 0.717) is 24.3 Å². The Hall–Kier alpha value is -1.03. The van der Waals surface area contributed by atoms with Gasteiger partial charge in [-0.25, -0.2) is 0 Å². The second kappa shape index (κ2) is 5.89. The van der Waals surface area contributed by atoms with Crippen LogP contribution in [0.2, 0.25) is 0 Å². The van der Waals surface area contributed by atoms with Gasteiger partial charge in [-0.15, -0.1) is 0 Å². The highest BCUT2D eigenvalue weighted by Gasteiger charge is 2.11. The topological polar surface area (TPSA) is 35.5 Å². The van der Waals surface area contributed by atoms with E-state index in [1.165, 1.54) is 0 Å². The Labute approximate surface area is 104 Å². The smallest absolute Gasteiger partial charge is 0.163 e. The number of aryl methyl sites for hydroxylation is 1. The average Bonchev–Trinajstić information content (AvgIpc) is 2.25. The largest absolute Gasteiger partial charge is 0.493 e. The number of methoxy groups -OCH3 is 2. The summed E-state index contributed by atoms with van der Waals surface area (Å²) in [5.74, 6) is 1.54.